The molecule has 0 amide bonds. The highest BCUT2D eigenvalue weighted by Crippen LogP contribution is 2.50. The molecule has 4 heterocycles. The molecule has 1 saturated heterocycles. The third-order valence-electron chi connectivity index (χ3n) is 6.94. The van der Waals surface area contributed by atoms with E-state index in [-0.39, 0.29) is 29.3 Å². The molecule has 0 radical (unpaired) electrons. The Kier molecular flexibility index (Phi) is 7.20. The predicted octanol–water partition coefficient (Wildman–Crippen LogP) is 4.72. The van der Waals surface area contributed by atoms with Gasteiger partial charge in [0, 0.05) is 31.1 Å². The van der Waals surface area contributed by atoms with Gasteiger partial charge in [0.15, 0.2) is 17.1 Å². The normalized spacial score (nSPS) is 24.3. The second-order valence-corrected chi connectivity index (χ2v) is 10.2. The number of aliphatic hydroxyl groups is 1. The van der Waals surface area contributed by atoms with Crippen molar-refractivity contribution in [1.82, 2.24) is 15.0 Å². The smallest absolute Gasteiger partial charge is 0.433 e. The molecule has 10 nitrogen and oxygen atoms in total. The van der Waals surface area contributed by atoms with Gasteiger partial charge in [-0.25, -0.2) is 9.97 Å². The van der Waals surface area contributed by atoms with E-state index in [0.717, 1.165) is 12.3 Å². The Hall–Kier alpha value is -3.00. The molecule has 2 fully saturated rings. The Morgan fingerprint density at radius 3 is 2.74 bits per heavy atom. The van der Waals surface area contributed by atoms with Crippen LogP contribution in [0.2, 0.25) is 0 Å². The van der Waals surface area contributed by atoms with E-state index in [4.69, 9.17) is 23.6 Å². The Labute approximate surface area is 223 Å². The third-order valence-corrected chi connectivity index (χ3v) is 6.94. The number of ether oxygens (including phenoxy) is 3. The largest absolute Gasteiger partial charge is 0.454 e. The monoisotopic (exact) mass is 551 g/mol. The quantitative estimate of drug-likeness (QED) is 0.322. The first kappa shape index (κ1) is 27.6. The molecule has 1 saturated carbocycles. The molecular weight excluding hydrogens is 519 g/mol. The van der Waals surface area contributed by atoms with Crippen LogP contribution in [0.5, 0.6) is 0 Å². The number of nitrogens with zero attached hydrogens (tertiary/aromatic N) is 3. The maximum absolute atomic E-state index is 13.3. The number of fused-ring (bicyclic) bond motifs is 2. The van der Waals surface area contributed by atoms with Gasteiger partial charge in [0.1, 0.15) is 23.4 Å². The minimum Gasteiger partial charge on any atom is -0.454 e. The van der Waals surface area contributed by atoms with Crippen LogP contribution < -0.4 is 10.6 Å². The summed E-state index contributed by atoms with van der Waals surface area (Å²) in [4.78, 5) is 12.8. The van der Waals surface area contributed by atoms with Crippen molar-refractivity contribution >= 4 is 22.7 Å². The summed E-state index contributed by atoms with van der Waals surface area (Å²) in [5.41, 5.74) is -0.821. The number of aliphatic hydroxyl groups excluding tert-OH is 1. The van der Waals surface area contributed by atoms with Gasteiger partial charge in [-0.1, -0.05) is 0 Å². The van der Waals surface area contributed by atoms with E-state index in [2.05, 4.69) is 20.6 Å². The molecule has 2 aliphatic rings. The van der Waals surface area contributed by atoms with Gasteiger partial charge in [-0.05, 0) is 52.7 Å². The molecule has 0 bridgehead atoms. The van der Waals surface area contributed by atoms with Crippen LogP contribution in [0.3, 0.4) is 0 Å². The molecule has 1 aliphatic heterocycles. The average Bonchev–Trinajstić information content (AvgIpc) is 3.48. The van der Waals surface area contributed by atoms with Crippen LogP contribution in [0.4, 0.5) is 24.9 Å². The highest BCUT2D eigenvalue weighted by Gasteiger charge is 2.60. The number of pyridine rings is 1. The van der Waals surface area contributed by atoms with Gasteiger partial charge < -0.3 is 34.4 Å². The molecule has 3 aromatic rings. The zero-order valence-electron chi connectivity index (χ0n) is 22.2. The second-order valence-electron chi connectivity index (χ2n) is 10.2. The van der Waals surface area contributed by atoms with Crippen molar-refractivity contribution in [2.75, 3.05) is 37.0 Å². The Bertz CT molecular complexity index is 1350. The molecule has 1 aliphatic carbocycles. The zero-order valence-corrected chi connectivity index (χ0v) is 22.2. The van der Waals surface area contributed by atoms with Crippen LogP contribution in [-0.4, -0.2) is 64.0 Å². The lowest BCUT2D eigenvalue weighted by Crippen LogP contribution is -2.46. The fourth-order valence-electron chi connectivity index (χ4n) is 5.33. The van der Waals surface area contributed by atoms with Gasteiger partial charge in [0.05, 0.1) is 24.1 Å². The fraction of sp³-hybridized carbons (Fsp3) is 0.577. The van der Waals surface area contributed by atoms with Crippen molar-refractivity contribution in [2.45, 2.75) is 64.3 Å². The van der Waals surface area contributed by atoms with Gasteiger partial charge in [0.25, 0.3) is 0 Å². The first-order chi connectivity index (χ1) is 18.4. The average molecular weight is 552 g/mol. The summed E-state index contributed by atoms with van der Waals surface area (Å²) in [6, 6.07) is 2.46. The summed E-state index contributed by atoms with van der Waals surface area (Å²) < 4.78 is 63.7. The van der Waals surface area contributed by atoms with Crippen molar-refractivity contribution in [2.24, 2.45) is 5.92 Å². The maximum Gasteiger partial charge on any atom is 0.433 e. The number of alkyl halides is 3. The van der Waals surface area contributed by atoms with Crippen molar-refractivity contribution in [3.05, 3.63) is 29.7 Å². The maximum atomic E-state index is 13.3. The number of aromatic nitrogens is 3. The topological polar surface area (TPSA) is 124 Å². The van der Waals surface area contributed by atoms with E-state index in [0.29, 0.717) is 55.6 Å². The molecule has 13 heteroatoms. The lowest BCUT2D eigenvalue weighted by molar-refractivity contribution is -0.168. The highest BCUT2D eigenvalue weighted by molar-refractivity contribution is 5.86. The van der Waals surface area contributed by atoms with E-state index in [1.54, 1.807) is 20.8 Å². The van der Waals surface area contributed by atoms with Gasteiger partial charge in [0.2, 0.25) is 5.95 Å². The van der Waals surface area contributed by atoms with Gasteiger partial charge in [-0.15, -0.1) is 0 Å². The van der Waals surface area contributed by atoms with Crippen molar-refractivity contribution < 1.29 is 36.9 Å². The number of nitrogens with one attached hydrogen (secondary N) is 2. The SMILES string of the molecule is CCOCCNc1nc(C)c(-c2cc3cc(C(F)(F)F)ncc3o2)c(N[C@@]23CC[C@H](CO)[C@H]2OC(C)(C)O3)n1. The Morgan fingerprint density at radius 2 is 2.03 bits per heavy atom. The van der Waals surface area contributed by atoms with E-state index in [9.17, 15) is 18.3 Å². The lowest BCUT2D eigenvalue weighted by atomic mass is 10.0. The number of hydrogen-bond donors (Lipinski definition) is 3. The number of furan rings is 1. The zero-order chi connectivity index (χ0) is 28.0. The number of rotatable bonds is 9. The first-order valence-electron chi connectivity index (χ1n) is 12.9. The van der Waals surface area contributed by atoms with Gasteiger partial charge >= 0.3 is 6.18 Å². The molecule has 0 spiro atoms. The number of anilines is 2. The summed E-state index contributed by atoms with van der Waals surface area (Å²) in [5, 5.41) is 16.8. The minimum absolute atomic E-state index is 0.0639. The highest BCUT2D eigenvalue weighted by atomic mass is 19.4. The summed E-state index contributed by atoms with van der Waals surface area (Å²) in [7, 11) is 0. The standard InChI is InChI=1S/C26H32F3N5O5/c1-5-36-9-8-30-23-32-14(2)20(17-10-16-11-19(26(27,28)29)31-12-18(16)37-17)22(33-23)34-25-7-6-15(13-35)21(25)38-24(3,4)39-25/h10-12,15,21,35H,5-9,13H2,1-4H3,(H2,30,32,33,34)/t15-,21-,25-/m1/s1. The summed E-state index contributed by atoms with van der Waals surface area (Å²) >= 11 is 0. The predicted molar refractivity (Wildman–Crippen MR) is 136 cm³/mol. The van der Waals surface area contributed by atoms with E-state index in [1.807, 2.05) is 6.92 Å². The fourth-order valence-corrected chi connectivity index (χ4v) is 5.33. The van der Waals surface area contributed by atoms with E-state index >= 15 is 0 Å². The van der Waals surface area contributed by atoms with Crippen molar-refractivity contribution in [3.63, 3.8) is 0 Å². The summed E-state index contributed by atoms with van der Waals surface area (Å²) in [6.45, 7) is 8.71. The molecule has 3 N–H and O–H groups in total. The van der Waals surface area contributed by atoms with E-state index in [1.165, 1.54) is 6.07 Å². The van der Waals surface area contributed by atoms with Crippen LogP contribution in [0.15, 0.2) is 22.7 Å². The number of halogens is 3. The number of hydrogen-bond acceptors (Lipinski definition) is 10. The molecule has 212 valence electrons. The summed E-state index contributed by atoms with van der Waals surface area (Å²) in [6.07, 6.45) is -2.77. The van der Waals surface area contributed by atoms with Crippen LogP contribution >= 0.6 is 0 Å². The number of aryl methyl sites for hydroxylation is 1. The Balaban J connectivity index is 1.58. The Morgan fingerprint density at radius 1 is 1.23 bits per heavy atom. The molecule has 3 aromatic heterocycles. The van der Waals surface area contributed by atoms with Crippen molar-refractivity contribution in [3.8, 4) is 11.3 Å². The van der Waals surface area contributed by atoms with Crippen LogP contribution in [-0.2, 0) is 20.4 Å². The molecule has 39 heavy (non-hydrogen) atoms. The van der Waals surface area contributed by atoms with Gasteiger partial charge in [-0.3, -0.25) is 0 Å². The second kappa shape index (κ2) is 10.2. The lowest BCUT2D eigenvalue weighted by Gasteiger charge is -2.31. The minimum atomic E-state index is -4.58. The molecule has 0 aromatic carbocycles. The molecule has 0 unspecified atom stereocenters. The molecule has 3 atom stereocenters. The molecule has 5 rings (SSSR count). The summed E-state index contributed by atoms with van der Waals surface area (Å²) in [5.74, 6) is -0.0964. The van der Waals surface area contributed by atoms with Gasteiger partial charge in [-0.2, -0.15) is 18.2 Å². The van der Waals surface area contributed by atoms with Crippen LogP contribution in [0.1, 0.15) is 45.0 Å². The van der Waals surface area contributed by atoms with Crippen molar-refractivity contribution in [1.29, 1.82) is 0 Å². The van der Waals surface area contributed by atoms with Crippen LogP contribution in [0.25, 0.3) is 22.3 Å². The van der Waals surface area contributed by atoms with Crippen LogP contribution in [0, 0.1) is 12.8 Å². The van der Waals surface area contributed by atoms with E-state index < -0.39 is 29.5 Å². The third kappa shape index (κ3) is 5.40. The molecular formula is C26H32F3N5O5. The first-order valence-corrected chi connectivity index (χ1v) is 12.9.